The Labute approximate surface area is 259 Å². The lowest BCUT2D eigenvalue weighted by molar-refractivity contribution is -0.192. The number of fused-ring (bicyclic) bond motifs is 1. The van der Waals surface area contributed by atoms with Gasteiger partial charge in [-0.15, -0.1) is 0 Å². The molecule has 0 radical (unpaired) electrons. The van der Waals surface area contributed by atoms with E-state index in [1.54, 1.807) is 13.0 Å². The summed E-state index contributed by atoms with van der Waals surface area (Å²) in [5.41, 5.74) is -0.902. The van der Waals surface area contributed by atoms with Gasteiger partial charge >= 0.3 is 24.4 Å². The van der Waals surface area contributed by atoms with Gasteiger partial charge in [-0.05, 0) is 56.9 Å². The SMILES string of the molecule is Cc1cc(OCc2c(F)ccc(F)c2F)n2nc(C3CC3)c(C(=O)NCC(C)(CCC(F)(F)F)NC(=O)O)c2c1.O=C(O)C(F)(F)F. The van der Waals surface area contributed by atoms with Crippen LogP contribution in [0.25, 0.3) is 5.52 Å². The van der Waals surface area contributed by atoms with Crippen molar-refractivity contribution in [1.82, 2.24) is 20.2 Å². The average Bonchev–Trinajstić information content (AvgIpc) is 3.72. The molecule has 1 aromatic carbocycles. The molecular weight excluding hydrogens is 659 g/mol. The number of carboxylic acids is 1. The van der Waals surface area contributed by atoms with Crippen molar-refractivity contribution in [3.63, 3.8) is 0 Å². The Hall–Kier alpha value is -4.71. The maximum absolute atomic E-state index is 14.2. The van der Waals surface area contributed by atoms with Crippen molar-refractivity contribution in [3.8, 4) is 5.88 Å². The van der Waals surface area contributed by atoms with Gasteiger partial charge in [0.2, 0.25) is 5.88 Å². The van der Waals surface area contributed by atoms with Gasteiger partial charge in [0.1, 0.15) is 12.4 Å². The van der Waals surface area contributed by atoms with E-state index in [0.717, 1.165) is 18.9 Å². The number of carbonyl (C=O) groups is 3. The van der Waals surface area contributed by atoms with Gasteiger partial charge in [-0.2, -0.15) is 36.0 Å². The fourth-order valence-electron chi connectivity index (χ4n) is 4.32. The highest BCUT2D eigenvalue weighted by atomic mass is 19.4. The summed E-state index contributed by atoms with van der Waals surface area (Å²) < 4.78 is 119. The first-order chi connectivity index (χ1) is 21.6. The number of alkyl halides is 6. The van der Waals surface area contributed by atoms with Crippen molar-refractivity contribution in [2.45, 2.75) is 69.9 Å². The van der Waals surface area contributed by atoms with Crippen molar-refractivity contribution < 1.29 is 68.8 Å². The smallest absolute Gasteiger partial charge is 0.475 e. The molecule has 1 fully saturated rings. The number of carbonyl (C=O) groups excluding carboxylic acids is 1. The maximum Gasteiger partial charge on any atom is 0.490 e. The normalized spacial score (nSPS) is 14.5. The molecule has 19 heteroatoms. The van der Waals surface area contributed by atoms with E-state index in [1.807, 2.05) is 0 Å². The predicted molar refractivity (Wildman–Crippen MR) is 143 cm³/mol. The first-order valence-electron chi connectivity index (χ1n) is 13.6. The van der Waals surface area contributed by atoms with Crippen LogP contribution < -0.4 is 15.4 Å². The van der Waals surface area contributed by atoms with Gasteiger partial charge in [-0.1, -0.05) is 0 Å². The number of carboxylic acid groups (broad SMARTS) is 2. The molecule has 10 nitrogen and oxygen atoms in total. The monoisotopic (exact) mass is 686 g/mol. The van der Waals surface area contributed by atoms with Gasteiger partial charge in [-0.3, -0.25) is 4.79 Å². The molecule has 4 rings (SSSR count). The van der Waals surface area contributed by atoms with Gasteiger partial charge in [0.15, 0.2) is 11.6 Å². The van der Waals surface area contributed by atoms with Crippen molar-refractivity contribution in [2.75, 3.05) is 6.54 Å². The number of hydrogen-bond donors (Lipinski definition) is 4. The number of ether oxygens (including phenoxy) is 1. The second-order valence-electron chi connectivity index (χ2n) is 10.9. The second kappa shape index (κ2) is 14.0. The first-order valence-corrected chi connectivity index (χ1v) is 13.6. The Morgan fingerprint density at radius 1 is 1.00 bits per heavy atom. The summed E-state index contributed by atoms with van der Waals surface area (Å²) in [7, 11) is 0. The minimum atomic E-state index is -5.08. The quantitative estimate of drug-likeness (QED) is 0.146. The highest BCUT2D eigenvalue weighted by molar-refractivity contribution is 6.02. The number of aromatic nitrogens is 2. The summed E-state index contributed by atoms with van der Waals surface area (Å²) in [6.45, 7) is 1.81. The molecule has 1 unspecified atom stereocenters. The molecule has 1 aliphatic carbocycles. The van der Waals surface area contributed by atoms with Crippen LogP contribution in [-0.4, -0.2) is 62.2 Å². The van der Waals surface area contributed by atoms with Crippen LogP contribution in [-0.2, 0) is 11.4 Å². The number of nitrogens with zero attached hydrogens (tertiary/aromatic N) is 2. The van der Waals surface area contributed by atoms with E-state index in [2.05, 4.69) is 15.7 Å². The third-order valence-corrected chi connectivity index (χ3v) is 6.82. The number of amides is 2. The third kappa shape index (κ3) is 9.89. The van der Waals surface area contributed by atoms with Gasteiger partial charge in [-0.25, -0.2) is 22.8 Å². The molecule has 2 aromatic heterocycles. The molecule has 2 amide bonds. The molecule has 3 aromatic rings. The van der Waals surface area contributed by atoms with E-state index in [4.69, 9.17) is 19.7 Å². The summed E-state index contributed by atoms with van der Waals surface area (Å²) in [6.07, 6.45) is -11.6. The van der Waals surface area contributed by atoms with E-state index in [-0.39, 0.29) is 22.9 Å². The minimum absolute atomic E-state index is 0.0153. The lowest BCUT2D eigenvalue weighted by Gasteiger charge is -2.30. The fourth-order valence-corrected chi connectivity index (χ4v) is 4.32. The van der Waals surface area contributed by atoms with Gasteiger partial charge < -0.3 is 25.6 Å². The largest absolute Gasteiger partial charge is 0.490 e. The Morgan fingerprint density at radius 2 is 1.60 bits per heavy atom. The van der Waals surface area contributed by atoms with Crippen LogP contribution in [0.1, 0.15) is 65.7 Å². The lowest BCUT2D eigenvalue weighted by Crippen LogP contribution is -2.53. The van der Waals surface area contributed by atoms with Gasteiger partial charge in [0, 0.05) is 24.9 Å². The number of aliphatic carboxylic acids is 1. The highest BCUT2D eigenvalue weighted by Crippen LogP contribution is 2.42. The Kier molecular flexibility index (Phi) is 10.9. The molecule has 1 saturated carbocycles. The summed E-state index contributed by atoms with van der Waals surface area (Å²) in [5, 5.41) is 25.3. The summed E-state index contributed by atoms with van der Waals surface area (Å²) in [4.78, 5) is 33.5. The third-order valence-electron chi connectivity index (χ3n) is 6.82. The van der Waals surface area contributed by atoms with Crippen molar-refractivity contribution >= 4 is 23.5 Å². The predicted octanol–water partition coefficient (Wildman–Crippen LogP) is 6.25. The van der Waals surface area contributed by atoms with E-state index < -0.39 is 84.9 Å². The molecule has 0 saturated heterocycles. The zero-order chi connectivity index (χ0) is 35.5. The summed E-state index contributed by atoms with van der Waals surface area (Å²) in [5.74, 6) is -7.17. The molecule has 0 spiro atoms. The number of hydrogen-bond acceptors (Lipinski definition) is 5. The van der Waals surface area contributed by atoms with E-state index in [0.29, 0.717) is 17.3 Å². The number of aryl methyl sites for hydroxylation is 1. The van der Waals surface area contributed by atoms with Crippen LogP contribution in [0.2, 0.25) is 0 Å². The maximum atomic E-state index is 14.2. The fraction of sp³-hybridized carbons (Fsp3) is 0.429. The molecule has 1 aliphatic rings. The molecule has 258 valence electrons. The Morgan fingerprint density at radius 3 is 2.13 bits per heavy atom. The molecule has 0 aliphatic heterocycles. The molecule has 2 heterocycles. The van der Waals surface area contributed by atoms with Crippen LogP contribution in [0, 0.1) is 24.4 Å². The summed E-state index contributed by atoms with van der Waals surface area (Å²) in [6, 6.07) is 4.55. The average molecular weight is 687 g/mol. The van der Waals surface area contributed by atoms with Crippen LogP contribution in [0.3, 0.4) is 0 Å². The Bertz CT molecular complexity index is 1650. The molecule has 4 N–H and O–H groups in total. The van der Waals surface area contributed by atoms with E-state index in [9.17, 15) is 49.1 Å². The number of pyridine rings is 1. The van der Waals surface area contributed by atoms with Crippen molar-refractivity contribution in [2.24, 2.45) is 0 Å². The zero-order valence-corrected chi connectivity index (χ0v) is 24.5. The van der Waals surface area contributed by atoms with E-state index in [1.165, 1.54) is 17.5 Å². The number of benzene rings is 1. The molecular formula is C28H27F9N4O6. The van der Waals surface area contributed by atoms with Crippen LogP contribution >= 0.6 is 0 Å². The second-order valence-corrected chi connectivity index (χ2v) is 10.9. The van der Waals surface area contributed by atoms with Gasteiger partial charge in [0.05, 0.1) is 27.9 Å². The zero-order valence-electron chi connectivity index (χ0n) is 24.5. The van der Waals surface area contributed by atoms with Crippen molar-refractivity contribution in [3.05, 3.63) is 64.1 Å². The number of halogens is 9. The topological polar surface area (TPSA) is 142 Å². The highest BCUT2D eigenvalue weighted by Gasteiger charge is 2.39. The Balaban J connectivity index is 0.000000771. The number of nitrogens with one attached hydrogen (secondary N) is 2. The molecule has 1 atom stereocenters. The van der Waals surface area contributed by atoms with Crippen LogP contribution in [0.5, 0.6) is 5.88 Å². The van der Waals surface area contributed by atoms with Gasteiger partial charge in [0.25, 0.3) is 5.91 Å². The van der Waals surface area contributed by atoms with Crippen LogP contribution in [0.15, 0.2) is 24.3 Å². The minimum Gasteiger partial charge on any atom is -0.475 e. The standard InChI is InChI=1S/C26H26F6N4O4.C2HF3O2/c1-13-9-18-20(23(37)33-12-25(2,34-24(38)39)7-8-26(30,31)32)22(14-3-4-14)35-36(18)19(10-13)40-11-15-16(27)5-6-17(28)21(15)29;3-2(4,5)1(6)7/h5-6,9-10,14,34H,3-4,7-8,11-12H2,1-2H3,(H,33,37)(H,38,39);(H,6,7). The summed E-state index contributed by atoms with van der Waals surface area (Å²) >= 11 is 0. The van der Waals surface area contributed by atoms with Crippen molar-refractivity contribution in [1.29, 1.82) is 0 Å². The first kappa shape index (κ1) is 36.8. The lowest BCUT2D eigenvalue weighted by atomic mass is 9.95. The molecule has 0 bridgehead atoms. The number of rotatable bonds is 10. The van der Waals surface area contributed by atoms with Crippen LogP contribution in [0.4, 0.5) is 44.3 Å². The van der Waals surface area contributed by atoms with E-state index >= 15 is 0 Å². The molecule has 47 heavy (non-hydrogen) atoms.